The van der Waals surface area contributed by atoms with Gasteiger partial charge < -0.3 is 20.1 Å². The van der Waals surface area contributed by atoms with E-state index in [0.29, 0.717) is 17.9 Å². The maximum absolute atomic E-state index is 6.32. The van der Waals surface area contributed by atoms with Crippen LogP contribution in [0.1, 0.15) is 49.1 Å². The van der Waals surface area contributed by atoms with Crippen LogP contribution in [0.15, 0.2) is 42.5 Å². The summed E-state index contributed by atoms with van der Waals surface area (Å²) in [7, 11) is 1.73. The lowest BCUT2D eigenvalue weighted by Gasteiger charge is -2.31. The molecule has 2 atom stereocenters. The molecule has 0 radical (unpaired) electrons. The van der Waals surface area contributed by atoms with Gasteiger partial charge in [-0.15, -0.1) is 0 Å². The normalized spacial score (nSPS) is 22.4. The van der Waals surface area contributed by atoms with Crippen molar-refractivity contribution in [2.24, 2.45) is 5.92 Å². The van der Waals surface area contributed by atoms with Crippen molar-refractivity contribution in [3.8, 4) is 11.5 Å². The zero-order valence-corrected chi connectivity index (χ0v) is 17.7. The van der Waals surface area contributed by atoms with Crippen LogP contribution in [0.5, 0.6) is 11.5 Å². The summed E-state index contributed by atoms with van der Waals surface area (Å²) in [6, 6.07) is 15.0. The van der Waals surface area contributed by atoms with Gasteiger partial charge in [-0.2, -0.15) is 0 Å². The number of benzene rings is 2. The van der Waals surface area contributed by atoms with Gasteiger partial charge in [0.25, 0.3) is 0 Å². The summed E-state index contributed by atoms with van der Waals surface area (Å²) < 4.78 is 11.9. The number of rotatable bonds is 7. The molecule has 29 heavy (non-hydrogen) atoms. The number of nitrogens with one attached hydrogen (secondary N) is 2. The van der Waals surface area contributed by atoms with Crippen molar-refractivity contribution in [3.63, 3.8) is 0 Å². The molecule has 2 aliphatic rings. The van der Waals surface area contributed by atoms with Gasteiger partial charge in [0.15, 0.2) is 11.5 Å². The van der Waals surface area contributed by atoms with E-state index >= 15 is 0 Å². The Morgan fingerprint density at radius 2 is 1.86 bits per heavy atom. The van der Waals surface area contributed by atoms with Crippen LogP contribution in [0.2, 0.25) is 0 Å². The molecule has 2 fully saturated rings. The molecule has 4 heteroatoms. The minimum absolute atomic E-state index is 0.342. The Kier molecular flexibility index (Phi) is 6.60. The molecule has 0 unspecified atom stereocenters. The Balaban J connectivity index is 1.41. The summed E-state index contributed by atoms with van der Waals surface area (Å²) in [6.45, 7) is 5.25. The molecule has 0 bridgehead atoms. The molecule has 1 saturated carbocycles. The van der Waals surface area contributed by atoms with Gasteiger partial charge in [0, 0.05) is 18.8 Å². The second-order valence-corrected chi connectivity index (χ2v) is 8.59. The van der Waals surface area contributed by atoms with E-state index in [2.05, 4.69) is 60.0 Å². The largest absolute Gasteiger partial charge is 0.493 e. The van der Waals surface area contributed by atoms with Gasteiger partial charge in [0.1, 0.15) is 0 Å². The first-order valence-corrected chi connectivity index (χ1v) is 11.1. The Labute approximate surface area is 175 Å². The first kappa shape index (κ1) is 20.1. The van der Waals surface area contributed by atoms with E-state index in [1.807, 2.05) is 0 Å². The average Bonchev–Trinajstić information content (AvgIpc) is 3.26. The minimum Gasteiger partial charge on any atom is -0.493 e. The second-order valence-electron chi connectivity index (χ2n) is 8.59. The molecule has 1 aliphatic heterocycles. The highest BCUT2D eigenvalue weighted by molar-refractivity contribution is 5.50. The minimum atomic E-state index is 0.342. The summed E-state index contributed by atoms with van der Waals surface area (Å²) in [5.41, 5.74) is 3.90. The topological polar surface area (TPSA) is 42.5 Å². The standard InChI is InChI=1S/C25H34N2O2/c1-18-7-3-6-10-23(18)27-16-19-13-21(17-26-15-19)20-11-12-24(28-2)25(14-20)29-22-8-4-5-9-22/h3,6-7,10-12,14,19,21-22,26-27H,4-5,8-9,13,15-17H2,1-2H3/t19-,21+/m0/s1. The molecule has 1 heterocycles. The molecule has 0 amide bonds. The quantitative estimate of drug-likeness (QED) is 0.683. The molecule has 0 aromatic heterocycles. The molecule has 2 aromatic rings. The first-order chi connectivity index (χ1) is 14.2. The predicted molar refractivity (Wildman–Crippen MR) is 119 cm³/mol. The Hall–Kier alpha value is -2.20. The Morgan fingerprint density at radius 1 is 1.03 bits per heavy atom. The molecular formula is C25H34N2O2. The Morgan fingerprint density at radius 3 is 2.66 bits per heavy atom. The molecule has 156 valence electrons. The summed E-state index contributed by atoms with van der Waals surface area (Å²) >= 11 is 0. The van der Waals surface area contributed by atoms with Crippen molar-refractivity contribution in [1.82, 2.24) is 5.32 Å². The summed E-state index contributed by atoms with van der Waals surface area (Å²) in [5.74, 6) is 2.87. The number of hydrogen-bond acceptors (Lipinski definition) is 4. The zero-order valence-electron chi connectivity index (χ0n) is 17.7. The van der Waals surface area contributed by atoms with Crippen LogP contribution in [-0.2, 0) is 0 Å². The van der Waals surface area contributed by atoms with Crippen LogP contribution < -0.4 is 20.1 Å². The van der Waals surface area contributed by atoms with Gasteiger partial charge in [-0.3, -0.25) is 0 Å². The molecule has 0 spiro atoms. The van der Waals surface area contributed by atoms with Crippen molar-refractivity contribution in [1.29, 1.82) is 0 Å². The summed E-state index contributed by atoms with van der Waals surface area (Å²) in [4.78, 5) is 0. The fourth-order valence-electron chi connectivity index (χ4n) is 4.69. The third kappa shape index (κ3) is 5.05. The van der Waals surface area contributed by atoms with E-state index in [1.165, 1.54) is 36.1 Å². The van der Waals surface area contributed by atoms with Gasteiger partial charge in [-0.25, -0.2) is 0 Å². The van der Waals surface area contributed by atoms with E-state index < -0.39 is 0 Å². The van der Waals surface area contributed by atoms with Crippen LogP contribution in [0.4, 0.5) is 5.69 Å². The fourth-order valence-corrected chi connectivity index (χ4v) is 4.69. The molecule has 4 rings (SSSR count). The van der Waals surface area contributed by atoms with Gasteiger partial charge in [-0.05, 0) is 86.7 Å². The summed E-state index contributed by atoms with van der Waals surface area (Å²) in [6.07, 6.45) is 6.38. The van der Waals surface area contributed by atoms with Crippen molar-refractivity contribution < 1.29 is 9.47 Å². The average molecular weight is 395 g/mol. The monoisotopic (exact) mass is 394 g/mol. The Bertz CT molecular complexity index is 801. The van der Waals surface area contributed by atoms with Gasteiger partial charge in [0.2, 0.25) is 0 Å². The van der Waals surface area contributed by atoms with Gasteiger partial charge in [-0.1, -0.05) is 24.3 Å². The van der Waals surface area contributed by atoms with Crippen molar-refractivity contribution in [2.75, 3.05) is 32.1 Å². The molecule has 1 aliphatic carbocycles. The number of ether oxygens (including phenoxy) is 2. The number of anilines is 1. The molecule has 4 nitrogen and oxygen atoms in total. The van der Waals surface area contributed by atoms with Crippen LogP contribution in [-0.4, -0.2) is 32.8 Å². The number of aryl methyl sites for hydroxylation is 1. The van der Waals surface area contributed by atoms with E-state index in [4.69, 9.17) is 9.47 Å². The lowest BCUT2D eigenvalue weighted by molar-refractivity contribution is 0.200. The molecule has 1 saturated heterocycles. The molecule has 2 aromatic carbocycles. The lowest BCUT2D eigenvalue weighted by Crippen LogP contribution is -2.38. The van der Waals surface area contributed by atoms with E-state index in [-0.39, 0.29) is 0 Å². The smallest absolute Gasteiger partial charge is 0.161 e. The van der Waals surface area contributed by atoms with E-state index in [0.717, 1.165) is 44.0 Å². The van der Waals surface area contributed by atoms with Crippen molar-refractivity contribution in [3.05, 3.63) is 53.6 Å². The van der Waals surface area contributed by atoms with Gasteiger partial charge in [0.05, 0.1) is 13.2 Å². The van der Waals surface area contributed by atoms with Crippen LogP contribution in [0, 0.1) is 12.8 Å². The summed E-state index contributed by atoms with van der Waals surface area (Å²) in [5, 5.41) is 7.29. The van der Waals surface area contributed by atoms with Crippen molar-refractivity contribution in [2.45, 2.75) is 51.0 Å². The highest BCUT2D eigenvalue weighted by Crippen LogP contribution is 2.36. The van der Waals surface area contributed by atoms with E-state index in [9.17, 15) is 0 Å². The lowest BCUT2D eigenvalue weighted by atomic mass is 9.85. The van der Waals surface area contributed by atoms with Crippen LogP contribution in [0.25, 0.3) is 0 Å². The van der Waals surface area contributed by atoms with Crippen LogP contribution >= 0.6 is 0 Å². The first-order valence-electron chi connectivity index (χ1n) is 11.1. The maximum atomic E-state index is 6.32. The predicted octanol–water partition coefficient (Wildman–Crippen LogP) is 5.13. The number of hydrogen-bond donors (Lipinski definition) is 2. The third-order valence-corrected chi connectivity index (χ3v) is 6.42. The second kappa shape index (κ2) is 9.53. The number of methoxy groups -OCH3 is 1. The fraction of sp³-hybridized carbons (Fsp3) is 0.520. The highest BCUT2D eigenvalue weighted by atomic mass is 16.5. The van der Waals surface area contributed by atoms with Gasteiger partial charge >= 0.3 is 0 Å². The van der Waals surface area contributed by atoms with Crippen LogP contribution in [0.3, 0.4) is 0 Å². The van der Waals surface area contributed by atoms with Crippen molar-refractivity contribution >= 4 is 5.69 Å². The number of piperidine rings is 1. The highest BCUT2D eigenvalue weighted by Gasteiger charge is 2.25. The zero-order chi connectivity index (χ0) is 20.1. The molecule has 2 N–H and O–H groups in total. The third-order valence-electron chi connectivity index (χ3n) is 6.42. The SMILES string of the molecule is COc1ccc([C@H]2CNC[C@@H](CNc3ccccc3C)C2)cc1OC1CCCC1. The maximum Gasteiger partial charge on any atom is 0.161 e. The molecular weight excluding hydrogens is 360 g/mol. The van der Waals surface area contributed by atoms with E-state index in [1.54, 1.807) is 7.11 Å². The number of para-hydroxylation sites is 1.